The Morgan fingerprint density at radius 3 is 1.55 bits per heavy atom. The lowest BCUT2D eigenvalue weighted by molar-refractivity contribution is 0.282. The molecule has 0 aliphatic carbocycles. The SMILES string of the molecule is C=C/C=C(N)/C(=C(N)/C=C\C/C(c1ccccc1)=c1/cc/c(=C(/C/C=C\C(N)=C(\C)c2ccccc2)c2ccccc2)[nH]1)c1ccc(CO)cc1. The number of aliphatic hydroxyl groups is 1. The molecule has 0 aliphatic heterocycles. The summed E-state index contributed by atoms with van der Waals surface area (Å²) in [5.41, 5.74) is 30.5. The third-order valence-electron chi connectivity index (χ3n) is 8.76. The van der Waals surface area contributed by atoms with E-state index in [1.165, 1.54) is 5.57 Å². The molecule has 51 heavy (non-hydrogen) atoms. The van der Waals surface area contributed by atoms with E-state index >= 15 is 0 Å². The van der Waals surface area contributed by atoms with Gasteiger partial charge < -0.3 is 27.3 Å². The summed E-state index contributed by atoms with van der Waals surface area (Å²) in [5, 5.41) is 11.6. The van der Waals surface area contributed by atoms with Crippen molar-refractivity contribution in [2.24, 2.45) is 17.2 Å². The van der Waals surface area contributed by atoms with Crippen LogP contribution in [0.2, 0.25) is 0 Å². The number of rotatable bonds is 13. The molecule has 1 aromatic heterocycles. The summed E-state index contributed by atoms with van der Waals surface area (Å²) in [4.78, 5) is 3.74. The van der Waals surface area contributed by atoms with E-state index in [1.807, 2.05) is 78.9 Å². The number of allylic oxidation sites excluding steroid dienone is 8. The number of nitrogens with two attached hydrogens (primary N) is 3. The molecule has 5 heteroatoms. The third kappa shape index (κ3) is 9.44. The van der Waals surface area contributed by atoms with Gasteiger partial charge in [-0.05, 0) is 94.7 Å². The highest BCUT2D eigenvalue weighted by molar-refractivity contribution is 5.82. The summed E-state index contributed by atoms with van der Waals surface area (Å²) in [6.07, 6.45) is 12.8. The van der Waals surface area contributed by atoms with Crippen molar-refractivity contribution in [2.75, 3.05) is 0 Å². The van der Waals surface area contributed by atoms with Gasteiger partial charge in [-0.3, -0.25) is 0 Å². The minimum absolute atomic E-state index is 0.0347. The Kier molecular flexibility index (Phi) is 12.6. The van der Waals surface area contributed by atoms with E-state index in [-0.39, 0.29) is 6.61 Å². The highest BCUT2D eigenvalue weighted by atomic mass is 16.3. The third-order valence-corrected chi connectivity index (χ3v) is 8.76. The molecule has 0 amide bonds. The Labute approximate surface area is 301 Å². The Balaban J connectivity index is 1.55. The van der Waals surface area contributed by atoms with Crippen molar-refractivity contribution in [3.05, 3.63) is 226 Å². The van der Waals surface area contributed by atoms with Gasteiger partial charge in [0, 0.05) is 33.4 Å². The van der Waals surface area contributed by atoms with E-state index in [2.05, 4.69) is 91.3 Å². The normalized spacial score (nSPS) is 14.3. The van der Waals surface area contributed by atoms with Gasteiger partial charge in [0.05, 0.1) is 6.61 Å². The Bertz CT molecular complexity index is 2200. The van der Waals surface area contributed by atoms with Gasteiger partial charge in [-0.2, -0.15) is 0 Å². The molecular formula is C46H46N4O. The molecular weight excluding hydrogens is 625 g/mol. The van der Waals surface area contributed by atoms with Gasteiger partial charge in [-0.1, -0.05) is 140 Å². The number of aliphatic hydroxyl groups excluding tert-OH is 1. The maximum absolute atomic E-state index is 9.52. The van der Waals surface area contributed by atoms with Crippen molar-refractivity contribution in [3.8, 4) is 0 Å². The number of H-pyrrole nitrogens is 1. The lowest BCUT2D eigenvalue weighted by atomic mass is 9.98. The second-order valence-corrected chi connectivity index (χ2v) is 12.2. The Hall–Kier alpha value is -6.30. The van der Waals surface area contributed by atoms with Crippen LogP contribution in [0.25, 0.3) is 22.3 Å². The zero-order valence-electron chi connectivity index (χ0n) is 29.1. The lowest BCUT2D eigenvalue weighted by Gasteiger charge is -2.12. The summed E-state index contributed by atoms with van der Waals surface area (Å²) in [6.45, 7) is 5.82. The Morgan fingerprint density at radius 1 is 0.608 bits per heavy atom. The van der Waals surface area contributed by atoms with Gasteiger partial charge in [0.2, 0.25) is 0 Å². The number of nitrogens with one attached hydrogen (secondary N) is 1. The zero-order chi connectivity index (χ0) is 36.0. The molecule has 5 nitrogen and oxygen atoms in total. The van der Waals surface area contributed by atoms with Crippen LogP contribution in [-0.4, -0.2) is 10.1 Å². The first-order valence-electron chi connectivity index (χ1n) is 17.0. The van der Waals surface area contributed by atoms with Gasteiger partial charge in [0.1, 0.15) is 0 Å². The van der Waals surface area contributed by atoms with E-state index in [0.29, 0.717) is 29.8 Å². The van der Waals surface area contributed by atoms with Crippen molar-refractivity contribution < 1.29 is 5.11 Å². The van der Waals surface area contributed by atoms with E-state index in [1.54, 1.807) is 12.2 Å². The molecule has 0 spiro atoms. The average molecular weight is 671 g/mol. The predicted molar refractivity (Wildman–Crippen MR) is 215 cm³/mol. The summed E-state index contributed by atoms with van der Waals surface area (Å²) >= 11 is 0. The topological polar surface area (TPSA) is 114 Å². The van der Waals surface area contributed by atoms with Crippen molar-refractivity contribution in [1.82, 2.24) is 4.98 Å². The van der Waals surface area contributed by atoms with Crippen LogP contribution < -0.4 is 27.9 Å². The van der Waals surface area contributed by atoms with Crippen LogP contribution in [0.5, 0.6) is 0 Å². The van der Waals surface area contributed by atoms with Crippen LogP contribution in [0, 0.1) is 0 Å². The molecule has 0 radical (unpaired) electrons. The second kappa shape index (κ2) is 17.9. The molecule has 0 bridgehead atoms. The summed E-state index contributed by atoms with van der Waals surface area (Å²) in [5.74, 6) is 0. The smallest absolute Gasteiger partial charge is 0.0681 e. The standard InChI is InChI=1S/C46H46N4O/c1-3-15-42(48)46(38-28-26-34(32-51)27-29-38)43(49)25-14-23-40(37-20-11-6-12-21-37)45-31-30-44(50-45)39(36-18-9-5-10-19-36)22-13-24-41(47)33(2)35-16-7-4-8-17-35/h3-21,24-31,50-51H,1,22-23,32,47-49H2,2H3/b24-13-,25-14-,41-33+,42-15-,44-39+,45-40+,46-43-. The molecule has 0 aliphatic rings. The molecule has 0 unspecified atom stereocenters. The van der Waals surface area contributed by atoms with Gasteiger partial charge in [0.15, 0.2) is 0 Å². The Morgan fingerprint density at radius 2 is 1.08 bits per heavy atom. The molecule has 0 fully saturated rings. The number of benzene rings is 4. The molecule has 0 saturated heterocycles. The van der Waals surface area contributed by atoms with E-state index in [4.69, 9.17) is 17.2 Å². The minimum atomic E-state index is -0.0347. The van der Waals surface area contributed by atoms with Crippen LogP contribution in [0.4, 0.5) is 0 Å². The fraction of sp³-hybridized carbons (Fsp3) is 0.0870. The van der Waals surface area contributed by atoms with E-state index in [0.717, 1.165) is 55.4 Å². The fourth-order valence-electron chi connectivity index (χ4n) is 5.95. The minimum Gasteiger partial charge on any atom is -0.399 e. The first kappa shape index (κ1) is 36.0. The first-order valence-corrected chi connectivity index (χ1v) is 17.0. The highest BCUT2D eigenvalue weighted by Gasteiger charge is 2.10. The summed E-state index contributed by atoms with van der Waals surface area (Å²) < 4.78 is 0. The predicted octanol–water partition coefficient (Wildman–Crippen LogP) is 7.59. The maximum Gasteiger partial charge on any atom is 0.0681 e. The van der Waals surface area contributed by atoms with Gasteiger partial charge in [-0.15, -0.1) is 0 Å². The van der Waals surface area contributed by atoms with Crippen LogP contribution in [0.1, 0.15) is 47.6 Å². The molecule has 8 N–H and O–H groups in total. The van der Waals surface area contributed by atoms with Crippen LogP contribution >= 0.6 is 0 Å². The largest absolute Gasteiger partial charge is 0.399 e. The molecule has 5 rings (SSSR count). The molecule has 5 aromatic rings. The lowest BCUT2D eigenvalue weighted by Crippen LogP contribution is -2.16. The van der Waals surface area contributed by atoms with Crippen LogP contribution in [0.15, 0.2) is 188 Å². The van der Waals surface area contributed by atoms with Gasteiger partial charge >= 0.3 is 0 Å². The van der Waals surface area contributed by atoms with Crippen LogP contribution in [-0.2, 0) is 6.61 Å². The molecule has 4 aromatic carbocycles. The van der Waals surface area contributed by atoms with E-state index < -0.39 is 0 Å². The monoisotopic (exact) mass is 670 g/mol. The quantitative estimate of drug-likeness (QED) is 0.0831. The highest BCUT2D eigenvalue weighted by Crippen LogP contribution is 2.25. The summed E-state index contributed by atoms with van der Waals surface area (Å²) in [6, 6.07) is 42.9. The van der Waals surface area contributed by atoms with Crippen molar-refractivity contribution in [1.29, 1.82) is 0 Å². The molecule has 1 heterocycles. The molecule has 256 valence electrons. The molecule has 0 atom stereocenters. The fourth-order valence-corrected chi connectivity index (χ4v) is 5.95. The average Bonchev–Trinajstić information content (AvgIpc) is 3.65. The van der Waals surface area contributed by atoms with Crippen molar-refractivity contribution in [3.63, 3.8) is 0 Å². The first-order chi connectivity index (χ1) is 24.9. The maximum atomic E-state index is 9.52. The van der Waals surface area contributed by atoms with Gasteiger partial charge in [-0.25, -0.2) is 0 Å². The summed E-state index contributed by atoms with van der Waals surface area (Å²) in [7, 11) is 0. The number of aromatic amines is 1. The van der Waals surface area contributed by atoms with Gasteiger partial charge in [0.25, 0.3) is 0 Å². The number of hydrogen-bond donors (Lipinski definition) is 5. The number of hydrogen-bond acceptors (Lipinski definition) is 4. The second-order valence-electron chi connectivity index (χ2n) is 12.2. The number of aromatic nitrogens is 1. The van der Waals surface area contributed by atoms with Crippen molar-refractivity contribution in [2.45, 2.75) is 26.4 Å². The van der Waals surface area contributed by atoms with E-state index in [9.17, 15) is 5.11 Å². The van der Waals surface area contributed by atoms with Crippen LogP contribution in [0.3, 0.4) is 0 Å². The molecule has 0 saturated carbocycles. The zero-order valence-corrected chi connectivity index (χ0v) is 29.1. The van der Waals surface area contributed by atoms with Crippen molar-refractivity contribution >= 4 is 22.3 Å².